The molecule has 2 aromatic rings. The molecule has 0 spiro atoms. The highest BCUT2D eigenvalue weighted by Crippen LogP contribution is 2.33. The van der Waals surface area contributed by atoms with Crippen molar-refractivity contribution >= 4 is 11.6 Å². The van der Waals surface area contributed by atoms with E-state index in [-0.39, 0.29) is 10.8 Å². The highest BCUT2D eigenvalue weighted by Gasteiger charge is 2.17. The van der Waals surface area contributed by atoms with Crippen molar-refractivity contribution in [2.24, 2.45) is 0 Å². The molecule has 3 rings (SSSR count). The highest BCUT2D eigenvalue weighted by molar-refractivity contribution is 6.22. The third-order valence-corrected chi connectivity index (χ3v) is 4.99. The van der Waals surface area contributed by atoms with Crippen molar-refractivity contribution in [1.82, 2.24) is 0 Å². The van der Waals surface area contributed by atoms with E-state index in [2.05, 4.69) is 63.2 Å². The third-order valence-electron chi connectivity index (χ3n) is 4.48. The van der Waals surface area contributed by atoms with Gasteiger partial charge in [-0.1, -0.05) is 63.2 Å². The summed E-state index contributed by atoms with van der Waals surface area (Å²) in [5, 5.41) is -0.0510. The molecule has 0 saturated heterocycles. The van der Waals surface area contributed by atoms with Crippen molar-refractivity contribution in [3.8, 4) is 0 Å². The van der Waals surface area contributed by atoms with Gasteiger partial charge in [-0.2, -0.15) is 0 Å². The molecule has 1 aliphatic carbocycles. The number of fused-ring (bicyclic) bond motifs is 1. The Balaban J connectivity index is 1.86. The Morgan fingerprint density at radius 2 is 1.48 bits per heavy atom. The maximum absolute atomic E-state index is 6.70. The van der Waals surface area contributed by atoms with Crippen molar-refractivity contribution in [2.75, 3.05) is 0 Å². The van der Waals surface area contributed by atoms with Crippen LogP contribution >= 0.6 is 11.6 Å². The molecule has 0 aliphatic heterocycles. The Labute approximate surface area is 133 Å². The van der Waals surface area contributed by atoms with Crippen LogP contribution < -0.4 is 0 Å². The van der Waals surface area contributed by atoms with Crippen LogP contribution in [0.25, 0.3) is 0 Å². The Kier molecular flexibility index (Phi) is 3.84. The van der Waals surface area contributed by atoms with E-state index < -0.39 is 0 Å². The molecule has 0 fully saturated rings. The summed E-state index contributed by atoms with van der Waals surface area (Å²) >= 11 is 6.70. The zero-order valence-electron chi connectivity index (χ0n) is 13.1. The number of aryl methyl sites for hydroxylation is 2. The standard InChI is InChI=1S/C20H23Cl/c1-20(2,3)18-11-9-15(10-12-18)19(21)17-8-7-14-5-4-6-16(14)13-17/h7-13,19H,4-6H2,1-3H3. The minimum absolute atomic E-state index is 0.0510. The number of alkyl halides is 1. The van der Waals surface area contributed by atoms with Crippen LogP contribution in [0.15, 0.2) is 42.5 Å². The molecule has 0 bridgehead atoms. The number of hydrogen-bond acceptors (Lipinski definition) is 0. The van der Waals surface area contributed by atoms with Crippen molar-refractivity contribution < 1.29 is 0 Å². The van der Waals surface area contributed by atoms with Gasteiger partial charge >= 0.3 is 0 Å². The normalized spacial score (nSPS) is 15.8. The van der Waals surface area contributed by atoms with E-state index in [1.807, 2.05) is 0 Å². The van der Waals surface area contributed by atoms with E-state index in [0.717, 1.165) is 0 Å². The lowest BCUT2D eigenvalue weighted by molar-refractivity contribution is 0.590. The summed E-state index contributed by atoms with van der Waals surface area (Å²) in [7, 11) is 0. The van der Waals surface area contributed by atoms with Gasteiger partial charge in [0.25, 0.3) is 0 Å². The number of benzene rings is 2. The van der Waals surface area contributed by atoms with Gasteiger partial charge < -0.3 is 0 Å². The topological polar surface area (TPSA) is 0 Å². The van der Waals surface area contributed by atoms with Gasteiger partial charge in [-0.3, -0.25) is 0 Å². The molecule has 1 aliphatic rings. The third kappa shape index (κ3) is 3.01. The summed E-state index contributed by atoms with van der Waals surface area (Å²) in [5.41, 5.74) is 6.94. The molecule has 0 saturated carbocycles. The van der Waals surface area contributed by atoms with Crippen LogP contribution in [-0.2, 0) is 18.3 Å². The first-order valence-electron chi connectivity index (χ1n) is 7.81. The number of halogens is 1. The van der Waals surface area contributed by atoms with E-state index in [1.54, 1.807) is 0 Å². The van der Waals surface area contributed by atoms with Crippen LogP contribution in [0.4, 0.5) is 0 Å². The molecule has 0 aromatic heterocycles. The molecule has 2 aromatic carbocycles. The van der Waals surface area contributed by atoms with E-state index in [0.29, 0.717) is 0 Å². The first kappa shape index (κ1) is 14.7. The van der Waals surface area contributed by atoms with Gasteiger partial charge in [0.15, 0.2) is 0 Å². The molecule has 0 amide bonds. The average molecular weight is 299 g/mol. The quantitative estimate of drug-likeness (QED) is 0.615. The summed E-state index contributed by atoms with van der Waals surface area (Å²) in [4.78, 5) is 0. The van der Waals surface area contributed by atoms with Gasteiger partial charge in [-0.05, 0) is 52.5 Å². The predicted octanol–water partition coefficient (Wildman–Crippen LogP) is 5.80. The van der Waals surface area contributed by atoms with E-state index in [9.17, 15) is 0 Å². The lowest BCUT2D eigenvalue weighted by atomic mass is 9.86. The zero-order valence-corrected chi connectivity index (χ0v) is 13.9. The molecular formula is C20H23Cl. The fourth-order valence-corrected chi connectivity index (χ4v) is 3.38. The monoisotopic (exact) mass is 298 g/mol. The largest absolute Gasteiger partial charge is 0.113 e. The van der Waals surface area contributed by atoms with Crippen molar-refractivity contribution in [3.05, 3.63) is 70.3 Å². The smallest absolute Gasteiger partial charge is 0.0835 e. The lowest BCUT2D eigenvalue weighted by Gasteiger charge is -2.20. The van der Waals surface area contributed by atoms with Crippen molar-refractivity contribution in [1.29, 1.82) is 0 Å². The molecule has 0 N–H and O–H groups in total. The number of hydrogen-bond donors (Lipinski definition) is 0. The van der Waals surface area contributed by atoms with E-state index in [1.165, 1.54) is 47.1 Å². The van der Waals surface area contributed by atoms with Crippen LogP contribution in [0.2, 0.25) is 0 Å². The Hall–Kier alpha value is -1.27. The molecular weight excluding hydrogens is 276 g/mol. The molecule has 1 atom stereocenters. The summed E-state index contributed by atoms with van der Waals surface area (Å²) in [6.07, 6.45) is 3.71. The van der Waals surface area contributed by atoms with Gasteiger partial charge in [0.05, 0.1) is 5.38 Å². The first-order chi connectivity index (χ1) is 9.95. The number of rotatable bonds is 2. The molecule has 21 heavy (non-hydrogen) atoms. The summed E-state index contributed by atoms with van der Waals surface area (Å²) in [6.45, 7) is 6.71. The molecule has 1 heteroatoms. The van der Waals surface area contributed by atoms with Gasteiger partial charge in [0, 0.05) is 0 Å². The van der Waals surface area contributed by atoms with E-state index in [4.69, 9.17) is 11.6 Å². The second-order valence-electron chi connectivity index (χ2n) is 7.12. The van der Waals surface area contributed by atoms with Crippen molar-refractivity contribution in [2.45, 2.75) is 50.8 Å². The fourth-order valence-electron chi connectivity index (χ4n) is 3.09. The van der Waals surface area contributed by atoms with Crippen LogP contribution in [0, 0.1) is 0 Å². The summed E-state index contributed by atoms with van der Waals surface area (Å²) in [6, 6.07) is 15.5. The molecule has 1 unspecified atom stereocenters. The first-order valence-corrected chi connectivity index (χ1v) is 8.25. The van der Waals surface area contributed by atoms with Gasteiger partial charge in [0.1, 0.15) is 0 Å². The maximum Gasteiger partial charge on any atom is 0.0835 e. The molecule has 0 heterocycles. The molecule has 110 valence electrons. The lowest BCUT2D eigenvalue weighted by Crippen LogP contribution is -2.10. The van der Waals surface area contributed by atoms with Gasteiger partial charge in [-0.15, -0.1) is 11.6 Å². The van der Waals surface area contributed by atoms with Crippen LogP contribution in [0.3, 0.4) is 0 Å². The van der Waals surface area contributed by atoms with Gasteiger partial charge in [0.2, 0.25) is 0 Å². The predicted molar refractivity (Wildman–Crippen MR) is 91.3 cm³/mol. The minimum atomic E-state index is -0.0510. The highest BCUT2D eigenvalue weighted by atomic mass is 35.5. The van der Waals surface area contributed by atoms with Gasteiger partial charge in [-0.25, -0.2) is 0 Å². The Morgan fingerprint density at radius 3 is 2.14 bits per heavy atom. The molecule has 0 radical (unpaired) electrons. The summed E-state index contributed by atoms with van der Waals surface area (Å²) < 4.78 is 0. The fraction of sp³-hybridized carbons (Fsp3) is 0.400. The van der Waals surface area contributed by atoms with Crippen molar-refractivity contribution in [3.63, 3.8) is 0 Å². The second-order valence-corrected chi connectivity index (χ2v) is 7.55. The molecule has 0 nitrogen and oxygen atoms in total. The van der Waals surface area contributed by atoms with Crippen LogP contribution in [0.5, 0.6) is 0 Å². The second kappa shape index (κ2) is 5.50. The maximum atomic E-state index is 6.70. The summed E-state index contributed by atoms with van der Waals surface area (Å²) in [5.74, 6) is 0. The zero-order chi connectivity index (χ0) is 15.0. The Morgan fingerprint density at radius 1 is 0.857 bits per heavy atom. The van der Waals surface area contributed by atoms with Crippen LogP contribution in [0.1, 0.15) is 60.4 Å². The minimum Gasteiger partial charge on any atom is -0.113 e. The van der Waals surface area contributed by atoms with E-state index >= 15 is 0 Å². The average Bonchev–Trinajstić information content (AvgIpc) is 2.93. The SMILES string of the molecule is CC(C)(C)c1ccc(C(Cl)c2ccc3c(c2)CCC3)cc1. The Bertz CT molecular complexity index is 632. The van der Waals surface area contributed by atoms with Crippen LogP contribution in [-0.4, -0.2) is 0 Å².